The van der Waals surface area contributed by atoms with E-state index in [1.807, 2.05) is 64.0 Å². The van der Waals surface area contributed by atoms with Gasteiger partial charge < -0.3 is 18.9 Å². The summed E-state index contributed by atoms with van der Waals surface area (Å²) >= 11 is 0. The topological polar surface area (TPSA) is 124 Å². The molecule has 2 aliphatic rings. The Labute approximate surface area is 298 Å². The second kappa shape index (κ2) is 14.8. The van der Waals surface area contributed by atoms with Crippen LogP contribution < -0.4 is 0 Å². The van der Waals surface area contributed by atoms with Crippen LogP contribution in [0.3, 0.4) is 0 Å². The third kappa shape index (κ3) is 7.10. The maximum atomic E-state index is 13.3. The van der Waals surface area contributed by atoms with Crippen molar-refractivity contribution < 1.29 is 18.4 Å². The monoisotopic (exact) mass is 696 g/mol. The van der Waals surface area contributed by atoms with Crippen LogP contribution >= 0.6 is 0 Å². The van der Waals surface area contributed by atoms with Crippen LogP contribution in [-0.4, -0.2) is 79.2 Å². The Morgan fingerprint density at radius 1 is 0.635 bits per heavy atom. The van der Waals surface area contributed by atoms with Gasteiger partial charge in [0.05, 0.1) is 46.0 Å². The number of hydrogen-bond donors (Lipinski definition) is 0. The van der Waals surface area contributed by atoms with E-state index in [9.17, 15) is 18.4 Å². The van der Waals surface area contributed by atoms with Crippen molar-refractivity contribution in [3.63, 3.8) is 0 Å². The highest BCUT2D eigenvalue weighted by molar-refractivity contribution is 5.96. The van der Waals surface area contributed by atoms with E-state index in [2.05, 4.69) is 22.1 Å². The molecule has 8 rings (SSSR count). The van der Waals surface area contributed by atoms with Gasteiger partial charge in [-0.2, -0.15) is 10.5 Å². The van der Waals surface area contributed by atoms with Gasteiger partial charge in [0.1, 0.15) is 23.7 Å². The molecule has 2 fully saturated rings. The number of nitriles is 2. The summed E-state index contributed by atoms with van der Waals surface area (Å²) in [6, 6.07) is 27.9. The number of hydrogen-bond acceptors (Lipinski definition) is 6. The Kier molecular flexibility index (Phi) is 9.72. The van der Waals surface area contributed by atoms with Crippen molar-refractivity contribution in [2.45, 2.75) is 38.0 Å². The molecule has 6 heterocycles. The number of alkyl halides is 2. The summed E-state index contributed by atoms with van der Waals surface area (Å²) in [6.45, 7) is 1.75. The van der Waals surface area contributed by atoms with Crippen molar-refractivity contribution in [2.24, 2.45) is 0 Å². The summed E-state index contributed by atoms with van der Waals surface area (Å²) in [6.07, 6.45) is 5.44. The van der Waals surface area contributed by atoms with E-state index in [-0.39, 0.29) is 11.8 Å². The normalized spacial score (nSPS) is 15.2. The van der Waals surface area contributed by atoms with Gasteiger partial charge in [-0.15, -0.1) is 0 Å². The Balaban J connectivity index is 0.000000162. The van der Waals surface area contributed by atoms with Gasteiger partial charge in [0.2, 0.25) is 0 Å². The molecule has 0 saturated carbocycles. The number of pyridine rings is 2. The lowest BCUT2D eigenvalue weighted by atomic mass is 10.1. The van der Waals surface area contributed by atoms with E-state index in [1.54, 1.807) is 52.4 Å². The van der Waals surface area contributed by atoms with Gasteiger partial charge in [-0.1, -0.05) is 0 Å². The van der Waals surface area contributed by atoms with Crippen molar-refractivity contribution in [3.05, 3.63) is 120 Å². The molecule has 2 saturated heterocycles. The number of piperidine rings is 2. The molecule has 260 valence electrons. The van der Waals surface area contributed by atoms with Crippen molar-refractivity contribution in [1.29, 1.82) is 10.5 Å². The van der Waals surface area contributed by atoms with Crippen LogP contribution in [0.15, 0.2) is 97.5 Å². The quantitative estimate of drug-likeness (QED) is 0.197. The molecule has 4 aromatic heterocycles. The van der Waals surface area contributed by atoms with E-state index >= 15 is 0 Å². The van der Waals surface area contributed by atoms with Gasteiger partial charge in [-0.05, 0) is 105 Å². The highest BCUT2D eigenvalue weighted by Crippen LogP contribution is 2.24. The molecule has 0 atom stereocenters. The van der Waals surface area contributed by atoms with Crippen LogP contribution in [0.5, 0.6) is 0 Å². The molecule has 52 heavy (non-hydrogen) atoms. The van der Waals surface area contributed by atoms with Crippen molar-refractivity contribution in [2.75, 3.05) is 26.2 Å². The smallest absolute Gasteiger partial charge is 0.272 e. The SMILES string of the molecule is N#Cc1ccc(-n2ccc3cc(C(=O)N4CCC(F)CC4)ncc32)cc1.N#Cc1ccc(-n2ccc3nc(C(=O)N4CCC(F)CC4)ccc32)cc1. The first kappa shape index (κ1) is 34.1. The molecule has 0 radical (unpaired) electrons. The van der Waals surface area contributed by atoms with Crippen molar-refractivity contribution >= 4 is 33.8 Å². The average molecular weight is 697 g/mol. The van der Waals surface area contributed by atoms with Gasteiger partial charge in [-0.3, -0.25) is 9.59 Å². The third-order valence-electron chi connectivity index (χ3n) is 9.53. The summed E-state index contributed by atoms with van der Waals surface area (Å²) in [5, 5.41) is 18.7. The maximum absolute atomic E-state index is 13.3. The first-order valence-electron chi connectivity index (χ1n) is 17.1. The minimum Gasteiger partial charge on any atom is -0.337 e. The molecule has 2 amide bonds. The second-order valence-corrected chi connectivity index (χ2v) is 12.9. The molecule has 0 aliphatic carbocycles. The zero-order chi connectivity index (χ0) is 36.2. The number of benzene rings is 2. The zero-order valence-electron chi connectivity index (χ0n) is 28.2. The van der Waals surface area contributed by atoms with Gasteiger partial charge in [0.15, 0.2) is 0 Å². The molecule has 0 bridgehead atoms. The van der Waals surface area contributed by atoms with Gasteiger partial charge >= 0.3 is 0 Å². The first-order valence-corrected chi connectivity index (χ1v) is 17.1. The molecule has 0 N–H and O–H groups in total. The fraction of sp³-hybridized carbons (Fsp3) is 0.250. The number of rotatable bonds is 4. The molecule has 0 spiro atoms. The summed E-state index contributed by atoms with van der Waals surface area (Å²) < 4.78 is 30.5. The fourth-order valence-electron chi connectivity index (χ4n) is 6.56. The number of likely N-dealkylation sites (tertiary alicyclic amines) is 2. The second-order valence-electron chi connectivity index (χ2n) is 12.9. The average Bonchev–Trinajstić information content (AvgIpc) is 3.82. The Hall–Kier alpha value is -6.40. The highest BCUT2D eigenvalue weighted by atomic mass is 19.1. The first-order chi connectivity index (χ1) is 25.3. The number of nitrogens with zero attached hydrogens (tertiary/aromatic N) is 8. The third-order valence-corrected chi connectivity index (χ3v) is 9.53. The summed E-state index contributed by atoms with van der Waals surface area (Å²) in [5.41, 5.74) is 6.30. The fourth-order valence-corrected chi connectivity index (χ4v) is 6.56. The molecular weight excluding hydrogens is 662 g/mol. The van der Waals surface area contributed by atoms with E-state index in [0.717, 1.165) is 33.3 Å². The minimum absolute atomic E-state index is 0.148. The van der Waals surface area contributed by atoms with Crippen LogP contribution in [0.2, 0.25) is 0 Å². The highest BCUT2D eigenvalue weighted by Gasteiger charge is 2.25. The number of carbonyl (C=O) groups excluding carboxylic acids is 2. The summed E-state index contributed by atoms with van der Waals surface area (Å²) in [4.78, 5) is 37.4. The van der Waals surface area contributed by atoms with E-state index in [1.165, 1.54) is 0 Å². The van der Waals surface area contributed by atoms with E-state index in [0.29, 0.717) is 74.4 Å². The zero-order valence-corrected chi connectivity index (χ0v) is 28.2. The standard InChI is InChI=1S/2C20H17FN4O/c21-16-6-8-24(9-7-16)20(26)18-11-15-5-10-25(19(15)13-23-18)17-3-1-14(12-22)2-4-17;21-15-7-10-24(11-8-15)20(26)18-5-6-19-17(23-18)9-12-25(19)16-3-1-14(13-22)2-4-16/h1-5,10-11,13,16H,6-9H2;1-6,9,12,15H,7-8,10-11H2. The molecule has 10 nitrogen and oxygen atoms in total. The minimum atomic E-state index is -0.809. The molecular formula is C40H34F2N8O2. The van der Waals surface area contributed by atoms with Gasteiger partial charge in [-0.25, -0.2) is 18.7 Å². The molecule has 6 aromatic rings. The number of halogens is 2. The van der Waals surface area contributed by atoms with Crippen LogP contribution in [0, 0.1) is 22.7 Å². The number of amides is 2. The van der Waals surface area contributed by atoms with Crippen molar-refractivity contribution in [1.82, 2.24) is 28.9 Å². The largest absolute Gasteiger partial charge is 0.337 e. The predicted molar refractivity (Wildman–Crippen MR) is 192 cm³/mol. The Morgan fingerprint density at radius 2 is 1.13 bits per heavy atom. The number of carbonyl (C=O) groups is 2. The lowest BCUT2D eigenvalue weighted by Gasteiger charge is -2.28. The molecule has 2 aromatic carbocycles. The molecule has 2 aliphatic heterocycles. The van der Waals surface area contributed by atoms with Crippen LogP contribution in [-0.2, 0) is 0 Å². The predicted octanol–water partition coefficient (Wildman–Crippen LogP) is 6.94. The Morgan fingerprint density at radius 3 is 1.67 bits per heavy atom. The van der Waals surface area contributed by atoms with E-state index < -0.39 is 12.3 Å². The Bertz CT molecular complexity index is 2160. The number of aromatic nitrogens is 4. The molecule has 12 heteroatoms. The van der Waals surface area contributed by atoms with Crippen LogP contribution in [0.25, 0.3) is 33.3 Å². The van der Waals surface area contributed by atoms with Gasteiger partial charge in [0, 0.05) is 55.3 Å². The lowest BCUT2D eigenvalue weighted by molar-refractivity contribution is 0.0653. The summed E-state index contributed by atoms with van der Waals surface area (Å²) in [5.74, 6) is -0.296. The van der Waals surface area contributed by atoms with Crippen molar-refractivity contribution in [3.8, 4) is 23.5 Å². The molecule has 0 unspecified atom stereocenters. The summed E-state index contributed by atoms with van der Waals surface area (Å²) in [7, 11) is 0. The number of fused-ring (bicyclic) bond motifs is 2. The lowest BCUT2D eigenvalue weighted by Crippen LogP contribution is -2.39. The van der Waals surface area contributed by atoms with E-state index in [4.69, 9.17) is 10.5 Å². The van der Waals surface area contributed by atoms with Crippen LogP contribution in [0.1, 0.15) is 57.8 Å². The van der Waals surface area contributed by atoms with Crippen LogP contribution in [0.4, 0.5) is 8.78 Å². The maximum Gasteiger partial charge on any atom is 0.272 e. The van der Waals surface area contributed by atoms with Gasteiger partial charge in [0.25, 0.3) is 11.8 Å².